The topological polar surface area (TPSA) is 42.8 Å². The van der Waals surface area contributed by atoms with Crippen molar-refractivity contribution in [1.29, 1.82) is 0 Å². The van der Waals surface area contributed by atoms with E-state index in [-0.39, 0.29) is 0 Å². The van der Waals surface area contributed by atoms with Crippen LogP contribution in [0.4, 0.5) is 0 Å². The summed E-state index contributed by atoms with van der Waals surface area (Å²) in [7, 11) is 0. The molecule has 3 nitrogen and oxygen atoms in total. The maximum Gasteiger partial charge on any atom is 0.394 e. The Morgan fingerprint density at radius 2 is 2.18 bits per heavy atom. The van der Waals surface area contributed by atoms with E-state index >= 15 is 0 Å². The number of halogens is 1. The van der Waals surface area contributed by atoms with Crippen LogP contribution < -0.4 is 4.98 Å². The van der Waals surface area contributed by atoms with Gasteiger partial charge in [-0.25, -0.2) is 4.98 Å². The van der Waals surface area contributed by atoms with E-state index in [1.807, 2.05) is 12.3 Å². The Bertz CT molecular complexity index is 700. The highest BCUT2D eigenvalue weighted by molar-refractivity contribution is 6.27. The van der Waals surface area contributed by atoms with E-state index in [1.54, 1.807) is 0 Å². The van der Waals surface area contributed by atoms with Gasteiger partial charge in [0.05, 0.1) is 16.3 Å². The summed E-state index contributed by atoms with van der Waals surface area (Å²) in [6.07, 6.45) is 3.95. The van der Waals surface area contributed by atoms with E-state index in [0.29, 0.717) is 11.2 Å². The van der Waals surface area contributed by atoms with Crippen LogP contribution in [0.25, 0.3) is 21.8 Å². The molecule has 17 heavy (non-hydrogen) atoms. The zero-order valence-corrected chi connectivity index (χ0v) is 10.5. The molecule has 0 bridgehead atoms. The van der Waals surface area contributed by atoms with E-state index in [0.717, 1.165) is 16.4 Å². The quantitative estimate of drug-likeness (QED) is 0.658. The number of aromatic nitrogens is 3. The predicted octanol–water partition coefficient (Wildman–Crippen LogP) is 3.31. The fourth-order valence-electron chi connectivity index (χ4n) is 2.21. The molecule has 0 radical (unpaired) electrons. The molecular weight excluding hydrogens is 234 g/mol. The smallest absolute Gasteiger partial charge is 0.361 e. The molecule has 86 valence electrons. The predicted molar refractivity (Wildman–Crippen MR) is 69.3 cm³/mol. The molecule has 2 N–H and O–H groups in total. The molecule has 0 saturated heterocycles. The monoisotopic (exact) mass is 246 g/mol. The van der Waals surface area contributed by atoms with Gasteiger partial charge in [0.15, 0.2) is 5.52 Å². The van der Waals surface area contributed by atoms with Crippen LogP contribution in [0.1, 0.15) is 25.3 Å². The van der Waals surface area contributed by atoms with Gasteiger partial charge >= 0.3 is 5.28 Å². The maximum absolute atomic E-state index is 5.94. The van der Waals surface area contributed by atoms with E-state index < -0.39 is 0 Å². The first-order valence-electron chi connectivity index (χ1n) is 5.64. The van der Waals surface area contributed by atoms with Gasteiger partial charge in [0.1, 0.15) is 6.20 Å². The molecule has 4 heteroatoms. The minimum absolute atomic E-state index is 0.418. The maximum atomic E-state index is 5.94. The van der Waals surface area contributed by atoms with Gasteiger partial charge in [-0.15, -0.1) is 0 Å². The van der Waals surface area contributed by atoms with Crippen molar-refractivity contribution in [3.05, 3.63) is 35.4 Å². The molecule has 0 fully saturated rings. The zero-order valence-electron chi connectivity index (χ0n) is 9.71. The highest BCUT2D eigenvalue weighted by atomic mass is 35.5. The van der Waals surface area contributed by atoms with Gasteiger partial charge in [0.25, 0.3) is 0 Å². The lowest BCUT2D eigenvalue weighted by Gasteiger charge is -2.02. The van der Waals surface area contributed by atoms with Crippen molar-refractivity contribution in [2.45, 2.75) is 19.8 Å². The van der Waals surface area contributed by atoms with Crippen LogP contribution in [-0.4, -0.2) is 9.97 Å². The van der Waals surface area contributed by atoms with Gasteiger partial charge < -0.3 is 4.98 Å². The lowest BCUT2D eigenvalue weighted by atomic mass is 10.0. The number of H-pyrrole nitrogens is 2. The highest BCUT2D eigenvalue weighted by Gasteiger charge is 2.16. The summed E-state index contributed by atoms with van der Waals surface area (Å²) in [5.74, 6) is 0.458. The average Bonchev–Trinajstić information content (AvgIpc) is 2.73. The second kappa shape index (κ2) is 3.70. The fourth-order valence-corrected chi connectivity index (χ4v) is 2.35. The average molecular weight is 247 g/mol. The summed E-state index contributed by atoms with van der Waals surface area (Å²) in [4.78, 5) is 10.6. The second-order valence-electron chi connectivity index (χ2n) is 4.52. The third-order valence-corrected chi connectivity index (χ3v) is 3.25. The van der Waals surface area contributed by atoms with Crippen LogP contribution in [-0.2, 0) is 0 Å². The molecule has 0 saturated carbocycles. The number of hydrogen-bond donors (Lipinski definition) is 1. The molecule has 2 aromatic heterocycles. The summed E-state index contributed by atoms with van der Waals surface area (Å²) in [5, 5.41) is 2.66. The van der Waals surface area contributed by atoms with Crippen molar-refractivity contribution in [1.82, 2.24) is 9.97 Å². The minimum atomic E-state index is 0.418. The van der Waals surface area contributed by atoms with Gasteiger partial charge in [0, 0.05) is 17.8 Å². The Morgan fingerprint density at radius 1 is 1.35 bits per heavy atom. The Morgan fingerprint density at radius 3 is 2.94 bits per heavy atom. The SMILES string of the molecule is CC(C)c1c[nH]c2ccc3c[nH+]c(Cl)nc3c12. The first kappa shape index (κ1) is 10.5. The van der Waals surface area contributed by atoms with Gasteiger partial charge in [-0.05, 0) is 28.6 Å². The van der Waals surface area contributed by atoms with Crippen LogP contribution in [0, 0.1) is 0 Å². The van der Waals surface area contributed by atoms with Crippen LogP contribution >= 0.6 is 11.6 Å². The van der Waals surface area contributed by atoms with E-state index in [4.69, 9.17) is 11.6 Å². The molecule has 0 amide bonds. The van der Waals surface area contributed by atoms with Crippen molar-refractivity contribution in [2.75, 3.05) is 0 Å². The molecule has 1 aromatic carbocycles. The number of nitrogens with zero attached hydrogens (tertiary/aromatic N) is 1. The standard InChI is InChI=1S/C13H12ClN3/c1-7(2)9-6-15-10-4-3-8-5-16-13(14)17-12(8)11(9)10/h3-7,15H,1-2H3/p+1. The number of nitrogens with one attached hydrogen (secondary N) is 2. The summed E-state index contributed by atoms with van der Waals surface area (Å²) in [6.45, 7) is 4.36. The first-order valence-corrected chi connectivity index (χ1v) is 6.02. The van der Waals surface area contributed by atoms with E-state index in [1.165, 1.54) is 10.9 Å². The lowest BCUT2D eigenvalue weighted by molar-refractivity contribution is -0.377. The fraction of sp³-hybridized carbons (Fsp3) is 0.231. The molecule has 3 rings (SSSR count). The number of benzene rings is 1. The summed E-state index contributed by atoms with van der Waals surface area (Å²) in [5.41, 5.74) is 3.34. The highest BCUT2D eigenvalue weighted by Crippen LogP contribution is 2.30. The van der Waals surface area contributed by atoms with Crippen molar-refractivity contribution in [2.24, 2.45) is 0 Å². The Balaban J connectivity index is 2.51. The van der Waals surface area contributed by atoms with Gasteiger partial charge in [-0.1, -0.05) is 13.8 Å². The molecule has 0 spiro atoms. The Kier molecular flexibility index (Phi) is 2.30. The summed E-state index contributed by atoms with van der Waals surface area (Å²) < 4.78 is 0. The third-order valence-electron chi connectivity index (χ3n) is 3.06. The molecule has 0 atom stereocenters. The van der Waals surface area contributed by atoms with Crippen LogP contribution in [0.3, 0.4) is 0 Å². The molecule has 3 aromatic rings. The summed E-state index contributed by atoms with van der Waals surface area (Å²) >= 11 is 5.94. The zero-order chi connectivity index (χ0) is 12.0. The molecule has 0 aliphatic carbocycles. The normalized spacial score (nSPS) is 11.8. The Labute approximate surface area is 104 Å². The van der Waals surface area contributed by atoms with Crippen molar-refractivity contribution in [3.63, 3.8) is 0 Å². The van der Waals surface area contributed by atoms with Gasteiger partial charge in [-0.2, -0.15) is 0 Å². The minimum Gasteiger partial charge on any atom is -0.361 e. The van der Waals surface area contributed by atoms with E-state index in [9.17, 15) is 0 Å². The third kappa shape index (κ3) is 1.58. The molecular formula is C13H13ClN3+. The van der Waals surface area contributed by atoms with Crippen molar-refractivity contribution < 1.29 is 4.98 Å². The van der Waals surface area contributed by atoms with Crippen molar-refractivity contribution in [3.8, 4) is 0 Å². The molecule has 0 aliphatic rings. The van der Waals surface area contributed by atoms with Crippen LogP contribution in [0.15, 0.2) is 24.5 Å². The van der Waals surface area contributed by atoms with Gasteiger partial charge in [0.2, 0.25) is 0 Å². The Hall–Kier alpha value is -1.61. The number of fused-ring (bicyclic) bond motifs is 3. The summed E-state index contributed by atoms with van der Waals surface area (Å²) in [6, 6.07) is 4.12. The van der Waals surface area contributed by atoms with Crippen LogP contribution in [0.5, 0.6) is 0 Å². The van der Waals surface area contributed by atoms with Gasteiger partial charge in [-0.3, -0.25) is 0 Å². The second-order valence-corrected chi connectivity index (χ2v) is 4.87. The van der Waals surface area contributed by atoms with E-state index in [2.05, 4.69) is 41.1 Å². The van der Waals surface area contributed by atoms with Crippen molar-refractivity contribution >= 4 is 33.4 Å². The number of hydrogen-bond acceptors (Lipinski definition) is 1. The first-order chi connectivity index (χ1) is 8.16. The molecule has 2 heterocycles. The molecule has 0 aliphatic heterocycles. The molecule has 0 unspecified atom stereocenters. The number of aromatic amines is 2. The number of rotatable bonds is 1. The lowest BCUT2D eigenvalue weighted by Crippen LogP contribution is -2.05. The van der Waals surface area contributed by atoms with Crippen LogP contribution in [0.2, 0.25) is 5.28 Å². The largest absolute Gasteiger partial charge is 0.394 e.